The zero-order valence-corrected chi connectivity index (χ0v) is 10.6. The maximum atomic E-state index is 12.6. The Labute approximate surface area is 109 Å². The van der Waals surface area contributed by atoms with Gasteiger partial charge in [0.2, 0.25) is 0 Å². The third-order valence-corrected chi connectivity index (χ3v) is 2.74. The summed E-state index contributed by atoms with van der Waals surface area (Å²) < 4.78 is 37.8. The van der Waals surface area contributed by atoms with Gasteiger partial charge >= 0.3 is 12.1 Å². The molecule has 0 aliphatic carbocycles. The number of carboxylic acids is 1. The van der Waals surface area contributed by atoms with Crippen LogP contribution < -0.4 is 4.90 Å². The number of benzene rings is 1. The lowest BCUT2D eigenvalue weighted by Gasteiger charge is -2.23. The predicted molar refractivity (Wildman–Crippen MR) is 66.2 cm³/mol. The Kier molecular flexibility index (Phi) is 5.20. The second-order valence-corrected chi connectivity index (χ2v) is 4.13. The van der Waals surface area contributed by atoms with Gasteiger partial charge in [-0.25, -0.2) is 0 Å². The van der Waals surface area contributed by atoms with Crippen molar-refractivity contribution >= 4 is 11.7 Å². The van der Waals surface area contributed by atoms with Crippen molar-refractivity contribution < 1.29 is 23.1 Å². The highest BCUT2D eigenvalue weighted by molar-refractivity contribution is 5.66. The lowest BCUT2D eigenvalue weighted by Crippen LogP contribution is -2.24. The number of anilines is 1. The molecule has 0 atom stereocenters. The first kappa shape index (κ1) is 15.3. The van der Waals surface area contributed by atoms with E-state index in [-0.39, 0.29) is 6.42 Å². The monoisotopic (exact) mass is 275 g/mol. The van der Waals surface area contributed by atoms with Crippen molar-refractivity contribution in [3.63, 3.8) is 0 Å². The fraction of sp³-hybridized carbons (Fsp3) is 0.462. The van der Waals surface area contributed by atoms with E-state index >= 15 is 0 Å². The van der Waals surface area contributed by atoms with Crippen LogP contribution in [0.15, 0.2) is 24.3 Å². The Morgan fingerprint density at radius 1 is 1.37 bits per heavy atom. The number of hydrogen-bond donors (Lipinski definition) is 1. The topological polar surface area (TPSA) is 40.5 Å². The van der Waals surface area contributed by atoms with Gasteiger partial charge in [0, 0.05) is 25.2 Å². The van der Waals surface area contributed by atoms with Gasteiger partial charge in [0.15, 0.2) is 0 Å². The minimum Gasteiger partial charge on any atom is -0.481 e. The SMILES string of the molecule is CCN(CCCC(=O)O)c1cccc(C(F)(F)F)c1. The van der Waals surface area contributed by atoms with Crippen molar-refractivity contribution in [2.45, 2.75) is 25.9 Å². The zero-order chi connectivity index (χ0) is 14.5. The van der Waals surface area contributed by atoms with Crippen LogP contribution in [0.1, 0.15) is 25.3 Å². The molecule has 0 unspecified atom stereocenters. The smallest absolute Gasteiger partial charge is 0.416 e. The molecule has 0 aliphatic heterocycles. The summed E-state index contributed by atoms with van der Waals surface area (Å²) >= 11 is 0. The van der Waals surface area contributed by atoms with Crippen LogP contribution in [0, 0.1) is 0 Å². The average Bonchev–Trinajstić information content (AvgIpc) is 2.33. The summed E-state index contributed by atoms with van der Waals surface area (Å²) in [4.78, 5) is 12.2. The molecule has 1 N–H and O–H groups in total. The zero-order valence-electron chi connectivity index (χ0n) is 10.6. The second kappa shape index (κ2) is 6.45. The van der Waals surface area contributed by atoms with E-state index < -0.39 is 17.7 Å². The van der Waals surface area contributed by atoms with Gasteiger partial charge in [-0.2, -0.15) is 13.2 Å². The molecule has 3 nitrogen and oxygen atoms in total. The van der Waals surface area contributed by atoms with Crippen LogP contribution in [-0.4, -0.2) is 24.2 Å². The molecule has 0 aromatic heterocycles. The molecule has 6 heteroatoms. The van der Waals surface area contributed by atoms with Crippen LogP contribution in [-0.2, 0) is 11.0 Å². The summed E-state index contributed by atoms with van der Waals surface area (Å²) in [5.41, 5.74) is -0.232. The van der Waals surface area contributed by atoms with Gasteiger partial charge in [-0.05, 0) is 31.5 Å². The van der Waals surface area contributed by atoms with E-state index in [1.54, 1.807) is 11.0 Å². The normalized spacial score (nSPS) is 11.4. The third kappa shape index (κ3) is 4.81. The lowest BCUT2D eigenvalue weighted by atomic mass is 10.1. The van der Waals surface area contributed by atoms with Crippen LogP contribution >= 0.6 is 0 Å². The summed E-state index contributed by atoms with van der Waals surface area (Å²) in [6.07, 6.45) is -3.95. The molecular formula is C13H16F3NO2. The number of hydrogen-bond acceptors (Lipinski definition) is 2. The van der Waals surface area contributed by atoms with Gasteiger partial charge < -0.3 is 10.0 Å². The highest BCUT2D eigenvalue weighted by atomic mass is 19.4. The van der Waals surface area contributed by atoms with Crippen LogP contribution in [0.25, 0.3) is 0 Å². The largest absolute Gasteiger partial charge is 0.481 e. The number of nitrogens with zero attached hydrogens (tertiary/aromatic N) is 1. The van der Waals surface area contributed by atoms with Gasteiger partial charge in [0.25, 0.3) is 0 Å². The van der Waals surface area contributed by atoms with E-state index in [0.29, 0.717) is 25.2 Å². The van der Waals surface area contributed by atoms with Crippen LogP contribution in [0.4, 0.5) is 18.9 Å². The Hall–Kier alpha value is -1.72. The molecule has 0 bridgehead atoms. The fourth-order valence-electron chi connectivity index (χ4n) is 1.77. The van der Waals surface area contributed by atoms with Crippen molar-refractivity contribution in [3.05, 3.63) is 29.8 Å². The van der Waals surface area contributed by atoms with Crippen molar-refractivity contribution in [2.75, 3.05) is 18.0 Å². The molecule has 0 spiro atoms. The van der Waals surface area contributed by atoms with Crippen molar-refractivity contribution in [1.29, 1.82) is 0 Å². The Bertz CT molecular complexity index is 432. The maximum Gasteiger partial charge on any atom is 0.416 e. The van der Waals surface area contributed by atoms with Crippen LogP contribution in [0.2, 0.25) is 0 Å². The Morgan fingerprint density at radius 2 is 2.05 bits per heavy atom. The first-order valence-electron chi connectivity index (χ1n) is 5.98. The Balaban J connectivity index is 2.78. The average molecular weight is 275 g/mol. The fourth-order valence-corrected chi connectivity index (χ4v) is 1.77. The molecule has 19 heavy (non-hydrogen) atoms. The number of carboxylic acid groups (broad SMARTS) is 1. The molecule has 0 fully saturated rings. The molecule has 0 saturated carbocycles. The summed E-state index contributed by atoms with van der Waals surface area (Å²) in [5, 5.41) is 8.55. The molecule has 0 amide bonds. The van der Waals surface area contributed by atoms with Gasteiger partial charge in [-0.1, -0.05) is 6.07 Å². The van der Waals surface area contributed by atoms with E-state index in [4.69, 9.17) is 5.11 Å². The van der Waals surface area contributed by atoms with Gasteiger partial charge in [0.05, 0.1) is 5.56 Å². The molecule has 0 saturated heterocycles. The first-order chi connectivity index (χ1) is 8.84. The Morgan fingerprint density at radius 3 is 2.58 bits per heavy atom. The third-order valence-electron chi connectivity index (χ3n) is 2.74. The van der Waals surface area contributed by atoms with Crippen molar-refractivity contribution in [3.8, 4) is 0 Å². The number of rotatable bonds is 6. The molecule has 0 aliphatic rings. The molecule has 0 radical (unpaired) electrons. The van der Waals surface area contributed by atoms with Crippen LogP contribution in [0.5, 0.6) is 0 Å². The van der Waals surface area contributed by atoms with Gasteiger partial charge in [0.1, 0.15) is 0 Å². The van der Waals surface area contributed by atoms with E-state index in [9.17, 15) is 18.0 Å². The summed E-state index contributed by atoms with van der Waals surface area (Å²) in [5.74, 6) is -0.903. The number of carbonyl (C=O) groups is 1. The minimum atomic E-state index is -4.36. The van der Waals surface area contributed by atoms with Crippen molar-refractivity contribution in [1.82, 2.24) is 0 Å². The number of aliphatic carboxylic acids is 1. The summed E-state index contributed by atoms with van der Waals surface area (Å²) in [7, 11) is 0. The lowest BCUT2D eigenvalue weighted by molar-refractivity contribution is -0.138. The predicted octanol–water partition coefficient (Wildman–Crippen LogP) is 3.40. The van der Waals surface area contributed by atoms with Gasteiger partial charge in [-0.3, -0.25) is 4.79 Å². The quantitative estimate of drug-likeness (QED) is 0.865. The van der Waals surface area contributed by atoms with E-state index in [1.807, 2.05) is 6.92 Å². The minimum absolute atomic E-state index is 0.00939. The molecular weight excluding hydrogens is 259 g/mol. The van der Waals surface area contributed by atoms with E-state index in [1.165, 1.54) is 6.07 Å². The molecule has 1 rings (SSSR count). The summed E-state index contributed by atoms with van der Waals surface area (Å²) in [6, 6.07) is 5.07. The highest BCUT2D eigenvalue weighted by Gasteiger charge is 2.30. The number of halogens is 3. The second-order valence-electron chi connectivity index (χ2n) is 4.13. The van der Waals surface area contributed by atoms with E-state index in [2.05, 4.69) is 0 Å². The number of alkyl halides is 3. The highest BCUT2D eigenvalue weighted by Crippen LogP contribution is 2.31. The maximum absolute atomic E-state index is 12.6. The van der Waals surface area contributed by atoms with E-state index in [0.717, 1.165) is 12.1 Å². The summed E-state index contributed by atoms with van der Waals surface area (Å²) in [6.45, 7) is 2.77. The molecule has 106 valence electrons. The molecule has 1 aromatic carbocycles. The molecule has 1 aromatic rings. The standard InChI is InChI=1S/C13H16F3NO2/c1-2-17(8-4-7-12(18)19)11-6-3-5-10(9-11)13(14,15)16/h3,5-6,9H,2,4,7-8H2,1H3,(H,18,19). The van der Waals surface area contributed by atoms with Gasteiger partial charge in [-0.15, -0.1) is 0 Å². The molecule has 0 heterocycles. The van der Waals surface area contributed by atoms with Crippen molar-refractivity contribution in [2.24, 2.45) is 0 Å². The first-order valence-corrected chi connectivity index (χ1v) is 5.98. The van der Waals surface area contributed by atoms with Crippen LogP contribution in [0.3, 0.4) is 0 Å².